The molecule has 1 aliphatic rings. The fraction of sp³-hybridized carbons (Fsp3) is 0.538. The number of hydrogen-bond donors (Lipinski definition) is 1. The van der Waals surface area contributed by atoms with Crippen molar-refractivity contribution in [3.05, 3.63) is 18.1 Å². The van der Waals surface area contributed by atoms with Crippen LogP contribution in [-0.2, 0) is 0 Å². The number of ether oxygens (including phenoxy) is 1. The molecule has 0 bridgehead atoms. The molecule has 3 heterocycles. The number of likely N-dealkylation sites (N-methyl/N-ethyl adjacent to an activating group) is 1. The molecule has 96 valence electrons. The molecule has 1 saturated heterocycles. The van der Waals surface area contributed by atoms with Gasteiger partial charge in [0.25, 0.3) is 0 Å². The van der Waals surface area contributed by atoms with Gasteiger partial charge in [-0.15, -0.1) is 0 Å². The fourth-order valence-electron chi connectivity index (χ4n) is 2.52. The number of hydrogen-bond acceptors (Lipinski definition) is 4. The van der Waals surface area contributed by atoms with E-state index in [4.69, 9.17) is 4.74 Å². The van der Waals surface area contributed by atoms with Crippen LogP contribution < -0.4 is 4.74 Å². The Morgan fingerprint density at radius 1 is 1.50 bits per heavy atom. The summed E-state index contributed by atoms with van der Waals surface area (Å²) in [6.07, 6.45) is 4.02. The zero-order valence-corrected chi connectivity index (χ0v) is 10.8. The maximum Gasteiger partial charge on any atom is 0.241 e. The summed E-state index contributed by atoms with van der Waals surface area (Å²) in [5.74, 6) is 0.661. The number of aromatic nitrogens is 3. The lowest BCUT2D eigenvalue weighted by Crippen LogP contribution is -2.30. The molecule has 1 N–H and O–H groups in total. The molecule has 2 aromatic rings. The van der Waals surface area contributed by atoms with Crippen LogP contribution >= 0.6 is 0 Å². The fourth-order valence-corrected chi connectivity index (χ4v) is 2.52. The second kappa shape index (κ2) is 4.57. The highest BCUT2D eigenvalue weighted by Gasteiger charge is 2.22. The van der Waals surface area contributed by atoms with Gasteiger partial charge in [0.05, 0.1) is 5.52 Å². The SMILES string of the molecule is Cc1cc2ncnc(OCC3CCCN3C)c2[nH]1. The molecule has 1 fully saturated rings. The molecule has 5 heteroatoms. The van der Waals surface area contributed by atoms with E-state index in [1.165, 1.54) is 12.8 Å². The van der Waals surface area contributed by atoms with Crippen molar-refractivity contribution in [1.82, 2.24) is 19.9 Å². The van der Waals surface area contributed by atoms with E-state index in [9.17, 15) is 0 Å². The Morgan fingerprint density at radius 3 is 3.17 bits per heavy atom. The van der Waals surface area contributed by atoms with Gasteiger partial charge in [0.1, 0.15) is 18.5 Å². The maximum atomic E-state index is 5.86. The largest absolute Gasteiger partial charge is 0.474 e. The first kappa shape index (κ1) is 11.5. The minimum Gasteiger partial charge on any atom is -0.474 e. The normalized spacial score (nSPS) is 20.7. The molecule has 1 atom stereocenters. The van der Waals surface area contributed by atoms with Crippen molar-refractivity contribution in [3.8, 4) is 5.88 Å². The van der Waals surface area contributed by atoms with Gasteiger partial charge in [-0.3, -0.25) is 0 Å². The third-order valence-corrected chi connectivity index (χ3v) is 3.60. The lowest BCUT2D eigenvalue weighted by molar-refractivity contribution is 0.194. The molecule has 0 aromatic carbocycles. The Balaban J connectivity index is 1.78. The Kier molecular flexibility index (Phi) is 2.91. The van der Waals surface area contributed by atoms with Crippen LogP contribution in [0, 0.1) is 6.92 Å². The Labute approximate surface area is 106 Å². The van der Waals surface area contributed by atoms with Gasteiger partial charge >= 0.3 is 0 Å². The molecule has 3 rings (SSSR count). The first-order chi connectivity index (χ1) is 8.74. The van der Waals surface area contributed by atoms with E-state index in [0.29, 0.717) is 18.5 Å². The van der Waals surface area contributed by atoms with Crippen LogP contribution in [-0.4, -0.2) is 46.1 Å². The van der Waals surface area contributed by atoms with Crippen molar-refractivity contribution >= 4 is 11.0 Å². The first-order valence-electron chi connectivity index (χ1n) is 6.37. The minimum atomic E-state index is 0.506. The predicted octanol–water partition coefficient (Wildman–Crippen LogP) is 1.74. The maximum absolute atomic E-state index is 5.86. The summed E-state index contributed by atoms with van der Waals surface area (Å²) in [5, 5.41) is 0. The van der Waals surface area contributed by atoms with Gasteiger partial charge in [-0.05, 0) is 39.4 Å². The first-order valence-corrected chi connectivity index (χ1v) is 6.37. The summed E-state index contributed by atoms with van der Waals surface area (Å²) in [6.45, 7) is 3.87. The van der Waals surface area contributed by atoms with Crippen molar-refractivity contribution in [2.75, 3.05) is 20.2 Å². The zero-order valence-electron chi connectivity index (χ0n) is 10.8. The summed E-state index contributed by atoms with van der Waals surface area (Å²) in [5.41, 5.74) is 2.89. The van der Waals surface area contributed by atoms with Crippen LogP contribution in [0.3, 0.4) is 0 Å². The van der Waals surface area contributed by atoms with Crippen molar-refractivity contribution < 1.29 is 4.74 Å². The number of H-pyrrole nitrogens is 1. The third-order valence-electron chi connectivity index (χ3n) is 3.60. The number of rotatable bonds is 3. The average Bonchev–Trinajstić information content (AvgIpc) is 2.91. The second-order valence-electron chi connectivity index (χ2n) is 4.98. The van der Waals surface area contributed by atoms with Crippen molar-refractivity contribution in [2.45, 2.75) is 25.8 Å². The smallest absolute Gasteiger partial charge is 0.241 e. The van der Waals surface area contributed by atoms with E-state index < -0.39 is 0 Å². The summed E-state index contributed by atoms with van der Waals surface area (Å²) in [4.78, 5) is 14.0. The average molecular weight is 246 g/mol. The molecule has 2 aromatic heterocycles. The molecule has 0 amide bonds. The van der Waals surface area contributed by atoms with E-state index >= 15 is 0 Å². The van der Waals surface area contributed by atoms with Crippen LogP contribution in [0.4, 0.5) is 0 Å². The summed E-state index contributed by atoms with van der Waals surface area (Å²) in [7, 11) is 2.15. The molecule has 0 saturated carbocycles. The third kappa shape index (κ3) is 2.06. The highest BCUT2D eigenvalue weighted by Crippen LogP contribution is 2.22. The van der Waals surface area contributed by atoms with Crippen LogP contribution in [0.5, 0.6) is 5.88 Å². The van der Waals surface area contributed by atoms with Crippen molar-refractivity contribution in [1.29, 1.82) is 0 Å². The van der Waals surface area contributed by atoms with Crippen LogP contribution in [0.2, 0.25) is 0 Å². The molecule has 1 unspecified atom stereocenters. The summed E-state index contributed by atoms with van der Waals surface area (Å²) >= 11 is 0. The summed E-state index contributed by atoms with van der Waals surface area (Å²) < 4.78 is 5.86. The van der Waals surface area contributed by atoms with Crippen LogP contribution in [0.1, 0.15) is 18.5 Å². The van der Waals surface area contributed by atoms with E-state index in [2.05, 4.69) is 26.9 Å². The van der Waals surface area contributed by atoms with Gasteiger partial charge < -0.3 is 14.6 Å². The number of likely N-dealkylation sites (tertiary alicyclic amines) is 1. The highest BCUT2D eigenvalue weighted by molar-refractivity contribution is 5.80. The molecular weight excluding hydrogens is 228 g/mol. The Bertz CT molecular complexity index is 551. The van der Waals surface area contributed by atoms with Crippen LogP contribution in [0.15, 0.2) is 12.4 Å². The predicted molar refractivity (Wildman–Crippen MR) is 69.8 cm³/mol. The Hall–Kier alpha value is -1.62. The Morgan fingerprint density at radius 2 is 2.39 bits per heavy atom. The highest BCUT2D eigenvalue weighted by atomic mass is 16.5. The number of fused-ring (bicyclic) bond motifs is 1. The number of aromatic amines is 1. The minimum absolute atomic E-state index is 0.506. The van der Waals surface area contributed by atoms with Gasteiger partial charge in [0.2, 0.25) is 5.88 Å². The van der Waals surface area contributed by atoms with Crippen molar-refractivity contribution in [3.63, 3.8) is 0 Å². The van der Waals surface area contributed by atoms with Gasteiger partial charge in [0.15, 0.2) is 0 Å². The number of aryl methyl sites for hydroxylation is 1. The van der Waals surface area contributed by atoms with Crippen LogP contribution in [0.25, 0.3) is 11.0 Å². The molecule has 1 aliphatic heterocycles. The molecule has 0 spiro atoms. The lowest BCUT2D eigenvalue weighted by Gasteiger charge is -2.19. The number of nitrogens with zero attached hydrogens (tertiary/aromatic N) is 3. The molecular formula is C13H18N4O. The topological polar surface area (TPSA) is 54.0 Å². The van der Waals surface area contributed by atoms with E-state index in [1.54, 1.807) is 6.33 Å². The van der Waals surface area contributed by atoms with Gasteiger partial charge in [-0.2, -0.15) is 4.98 Å². The second-order valence-corrected chi connectivity index (χ2v) is 4.98. The summed E-state index contributed by atoms with van der Waals surface area (Å²) in [6, 6.07) is 2.51. The van der Waals surface area contributed by atoms with Gasteiger partial charge in [-0.25, -0.2) is 4.98 Å². The molecule has 0 aliphatic carbocycles. The van der Waals surface area contributed by atoms with Crippen molar-refractivity contribution in [2.24, 2.45) is 0 Å². The zero-order chi connectivity index (χ0) is 12.5. The van der Waals surface area contributed by atoms with E-state index in [0.717, 1.165) is 23.3 Å². The lowest BCUT2D eigenvalue weighted by atomic mass is 10.2. The van der Waals surface area contributed by atoms with E-state index in [-0.39, 0.29) is 0 Å². The van der Waals surface area contributed by atoms with E-state index in [1.807, 2.05) is 13.0 Å². The van der Waals surface area contributed by atoms with Gasteiger partial charge in [-0.1, -0.05) is 0 Å². The molecule has 5 nitrogen and oxygen atoms in total. The van der Waals surface area contributed by atoms with Gasteiger partial charge in [0, 0.05) is 11.7 Å². The molecule has 18 heavy (non-hydrogen) atoms. The monoisotopic (exact) mass is 246 g/mol. The number of nitrogens with one attached hydrogen (secondary N) is 1. The standard InChI is InChI=1S/C13H18N4O/c1-9-6-11-12(16-9)13(15-8-14-11)18-7-10-4-3-5-17(10)2/h6,8,10,16H,3-5,7H2,1-2H3. The quantitative estimate of drug-likeness (QED) is 0.896. The molecule has 0 radical (unpaired) electrons.